The first-order chi connectivity index (χ1) is 7.83. The number of para-hydroxylation sites is 1. The van der Waals surface area contributed by atoms with Gasteiger partial charge < -0.3 is 10.3 Å². The highest BCUT2D eigenvalue weighted by Gasteiger charge is 2.12. The van der Waals surface area contributed by atoms with Crippen LogP contribution in [0.15, 0.2) is 36.4 Å². The Balaban J connectivity index is 2.05. The molecule has 2 heteroatoms. The quantitative estimate of drug-likeness (QED) is 0.747. The Hall–Kier alpha value is -1.54. The Bertz CT molecular complexity index is 503. The molecule has 2 aromatic rings. The van der Waals surface area contributed by atoms with Crippen LogP contribution >= 0.6 is 0 Å². The van der Waals surface area contributed by atoms with Crippen molar-refractivity contribution in [2.24, 2.45) is 5.92 Å². The molecule has 16 heavy (non-hydrogen) atoms. The summed E-state index contributed by atoms with van der Waals surface area (Å²) in [5, 5.41) is 4.73. The first-order valence-corrected chi connectivity index (χ1v) is 5.82. The molecule has 0 amide bonds. The Morgan fingerprint density at radius 2 is 2.12 bits per heavy atom. The van der Waals surface area contributed by atoms with E-state index in [-0.39, 0.29) is 0 Å². The Morgan fingerprint density at radius 3 is 2.94 bits per heavy atom. The van der Waals surface area contributed by atoms with E-state index in [0.29, 0.717) is 5.92 Å². The van der Waals surface area contributed by atoms with Crippen LogP contribution in [0.4, 0.5) is 0 Å². The van der Waals surface area contributed by atoms with E-state index in [1.807, 2.05) is 0 Å². The van der Waals surface area contributed by atoms with Gasteiger partial charge in [-0.2, -0.15) is 0 Å². The maximum absolute atomic E-state index is 3.48. The molecule has 0 fully saturated rings. The van der Waals surface area contributed by atoms with Gasteiger partial charge in [-0.3, -0.25) is 0 Å². The van der Waals surface area contributed by atoms with E-state index in [2.05, 4.69) is 53.6 Å². The van der Waals surface area contributed by atoms with Gasteiger partial charge in [-0.15, -0.1) is 0 Å². The molecule has 0 saturated heterocycles. The standard InChI is InChI=1S/C14H16N2/c1-10-6-12(9-15-8-10)14-7-11-4-2-3-5-13(11)16-14/h2-7,10,15-16H,8-9H2,1H3/t10-/m1/s1. The molecule has 1 aromatic heterocycles. The fourth-order valence-corrected chi connectivity index (χ4v) is 2.33. The van der Waals surface area contributed by atoms with Gasteiger partial charge in [-0.25, -0.2) is 0 Å². The lowest BCUT2D eigenvalue weighted by Gasteiger charge is -2.18. The van der Waals surface area contributed by atoms with Gasteiger partial charge in [-0.1, -0.05) is 31.2 Å². The average Bonchev–Trinajstić information content (AvgIpc) is 2.72. The molecular weight excluding hydrogens is 196 g/mol. The molecule has 3 rings (SSSR count). The number of benzene rings is 1. The molecule has 0 unspecified atom stereocenters. The molecule has 2 heterocycles. The van der Waals surface area contributed by atoms with Crippen molar-refractivity contribution in [2.45, 2.75) is 6.92 Å². The second-order valence-electron chi connectivity index (χ2n) is 4.57. The number of rotatable bonds is 1. The van der Waals surface area contributed by atoms with Gasteiger partial charge in [0, 0.05) is 24.3 Å². The first kappa shape index (κ1) is 9.67. The zero-order chi connectivity index (χ0) is 11.0. The van der Waals surface area contributed by atoms with Crippen molar-refractivity contribution in [2.75, 3.05) is 13.1 Å². The second kappa shape index (κ2) is 3.80. The SMILES string of the molecule is C[C@@H]1C=C(c2cc3ccccc3[nH]2)CNC1. The van der Waals surface area contributed by atoms with Crippen molar-refractivity contribution in [1.29, 1.82) is 0 Å². The molecule has 0 aliphatic carbocycles. The minimum atomic E-state index is 0.621. The van der Waals surface area contributed by atoms with Crippen LogP contribution in [0, 0.1) is 5.92 Å². The van der Waals surface area contributed by atoms with Crippen molar-refractivity contribution in [3.05, 3.63) is 42.1 Å². The molecule has 1 atom stereocenters. The minimum Gasteiger partial charge on any atom is -0.355 e. The lowest BCUT2D eigenvalue weighted by atomic mass is 10.0. The summed E-state index contributed by atoms with van der Waals surface area (Å²) in [6.07, 6.45) is 2.36. The van der Waals surface area contributed by atoms with Crippen molar-refractivity contribution in [3.63, 3.8) is 0 Å². The lowest BCUT2D eigenvalue weighted by Crippen LogP contribution is -2.27. The normalized spacial score (nSPS) is 21.1. The van der Waals surface area contributed by atoms with Gasteiger partial charge in [0.25, 0.3) is 0 Å². The van der Waals surface area contributed by atoms with Gasteiger partial charge in [0.2, 0.25) is 0 Å². The predicted molar refractivity (Wildman–Crippen MR) is 68.3 cm³/mol. The van der Waals surface area contributed by atoms with E-state index in [0.717, 1.165) is 13.1 Å². The highest BCUT2D eigenvalue weighted by Crippen LogP contribution is 2.23. The van der Waals surface area contributed by atoms with Gasteiger partial charge in [0.1, 0.15) is 0 Å². The summed E-state index contributed by atoms with van der Waals surface area (Å²) < 4.78 is 0. The van der Waals surface area contributed by atoms with Gasteiger partial charge >= 0.3 is 0 Å². The van der Waals surface area contributed by atoms with Crippen molar-refractivity contribution >= 4 is 16.5 Å². The largest absolute Gasteiger partial charge is 0.355 e. The van der Waals surface area contributed by atoms with E-state index < -0.39 is 0 Å². The van der Waals surface area contributed by atoms with E-state index >= 15 is 0 Å². The van der Waals surface area contributed by atoms with Crippen LogP contribution in [0.2, 0.25) is 0 Å². The van der Waals surface area contributed by atoms with Crippen LogP contribution in [0.5, 0.6) is 0 Å². The molecule has 2 nitrogen and oxygen atoms in total. The molecule has 0 saturated carbocycles. The maximum atomic E-state index is 3.48. The molecule has 1 aliphatic heterocycles. The summed E-state index contributed by atoms with van der Waals surface area (Å²) in [7, 11) is 0. The Kier molecular flexibility index (Phi) is 2.29. The third-order valence-electron chi connectivity index (χ3n) is 3.14. The first-order valence-electron chi connectivity index (χ1n) is 5.82. The highest BCUT2D eigenvalue weighted by atomic mass is 14.9. The smallest absolute Gasteiger partial charge is 0.0458 e. The average molecular weight is 212 g/mol. The van der Waals surface area contributed by atoms with Gasteiger partial charge in [-0.05, 0) is 29.0 Å². The van der Waals surface area contributed by atoms with Crippen molar-refractivity contribution < 1.29 is 0 Å². The Morgan fingerprint density at radius 1 is 1.25 bits per heavy atom. The molecule has 1 aliphatic rings. The molecule has 82 valence electrons. The second-order valence-corrected chi connectivity index (χ2v) is 4.57. The predicted octanol–water partition coefficient (Wildman–Crippen LogP) is 2.79. The molecule has 0 bridgehead atoms. The number of fused-ring (bicyclic) bond motifs is 1. The number of hydrogen-bond donors (Lipinski definition) is 2. The van der Waals surface area contributed by atoms with Crippen molar-refractivity contribution in [1.82, 2.24) is 10.3 Å². The van der Waals surface area contributed by atoms with E-state index in [1.54, 1.807) is 0 Å². The summed E-state index contributed by atoms with van der Waals surface area (Å²) >= 11 is 0. The zero-order valence-electron chi connectivity index (χ0n) is 9.46. The fraction of sp³-hybridized carbons (Fsp3) is 0.286. The lowest BCUT2D eigenvalue weighted by molar-refractivity contribution is 0.606. The minimum absolute atomic E-state index is 0.621. The van der Waals surface area contributed by atoms with Crippen LogP contribution < -0.4 is 5.32 Å². The number of H-pyrrole nitrogens is 1. The Labute approximate surface area is 95.4 Å². The molecule has 0 radical (unpaired) electrons. The van der Waals surface area contributed by atoms with E-state index in [4.69, 9.17) is 0 Å². The third-order valence-corrected chi connectivity index (χ3v) is 3.14. The highest BCUT2D eigenvalue weighted by molar-refractivity contribution is 5.85. The maximum Gasteiger partial charge on any atom is 0.0458 e. The van der Waals surface area contributed by atoms with Crippen LogP contribution in [0.25, 0.3) is 16.5 Å². The van der Waals surface area contributed by atoms with Gasteiger partial charge in [0.05, 0.1) is 0 Å². The summed E-state index contributed by atoms with van der Waals surface area (Å²) in [5.41, 5.74) is 3.85. The van der Waals surface area contributed by atoms with Gasteiger partial charge in [0.15, 0.2) is 0 Å². The number of aromatic nitrogens is 1. The van der Waals surface area contributed by atoms with Crippen LogP contribution in [-0.4, -0.2) is 18.1 Å². The van der Waals surface area contributed by atoms with E-state index in [9.17, 15) is 0 Å². The van der Waals surface area contributed by atoms with Crippen LogP contribution in [0.1, 0.15) is 12.6 Å². The third kappa shape index (κ3) is 1.65. The summed E-state index contributed by atoms with van der Waals surface area (Å²) in [6, 6.07) is 10.7. The van der Waals surface area contributed by atoms with Crippen molar-refractivity contribution in [3.8, 4) is 0 Å². The molecule has 2 N–H and O–H groups in total. The number of aromatic amines is 1. The summed E-state index contributed by atoms with van der Waals surface area (Å²) in [5.74, 6) is 0.621. The van der Waals surface area contributed by atoms with E-state index in [1.165, 1.54) is 22.2 Å². The molecular formula is C14H16N2. The van der Waals surface area contributed by atoms with Crippen LogP contribution in [-0.2, 0) is 0 Å². The number of nitrogens with one attached hydrogen (secondary N) is 2. The van der Waals surface area contributed by atoms with Crippen LogP contribution in [0.3, 0.4) is 0 Å². The molecule has 1 aromatic carbocycles. The topological polar surface area (TPSA) is 27.8 Å². The summed E-state index contributed by atoms with van der Waals surface area (Å²) in [4.78, 5) is 3.48. The molecule has 0 spiro atoms. The zero-order valence-corrected chi connectivity index (χ0v) is 9.46. The number of hydrogen-bond acceptors (Lipinski definition) is 1. The summed E-state index contributed by atoms with van der Waals surface area (Å²) in [6.45, 7) is 4.30. The fourth-order valence-electron chi connectivity index (χ4n) is 2.33. The monoisotopic (exact) mass is 212 g/mol.